The molecule has 0 unspecified atom stereocenters. The van der Waals surface area contributed by atoms with Crippen LogP contribution in [0.25, 0.3) is 11.0 Å². The average molecular weight is 259 g/mol. The molecule has 0 amide bonds. The summed E-state index contributed by atoms with van der Waals surface area (Å²) in [5, 5.41) is 1.16. The van der Waals surface area contributed by atoms with Gasteiger partial charge in [-0.05, 0) is 28.5 Å². The second kappa shape index (κ2) is 4.38. The summed E-state index contributed by atoms with van der Waals surface area (Å²) in [5.74, 6) is 0.853. The van der Waals surface area contributed by atoms with Crippen molar-refractivity contribution in [3.63, 3.8) is 0 Å². The Morgan fingerprint density at radius 1 is 0.947 bits per heavy atom. The highest BCUT2D eigenvalue weighted by atomic mass is 16.3. The minimum Gasteiger partial charge on any atom is -0.459 e. The summed E-state index contributed by atoms with van der Waals surface area (Å²) in [4.78, 5) is 0. The molecule has 1 aromatic carbocycles. The fourth-order valence-electron chi connectivity index (χ4n) is 2.30. The van der Waals surface area contributed by atoms with Crippen molar-refractivity contribution in [3.8, 4) is 0 Å². The molecule has 0 aliphatic carbocycles. The minimum absolute atomic E-state index is 0.0588. The first kappa shape index (κ1) is 14.1. The van der Waals surface area contributed by atoms with Crippen LogP contribution in [0.5, 0.6) is 0 Å². The van der Waals surface area contributed by atoms with Crippen LogP contribution in [0.15, 0.2) is 22.6 Å². The number of nitrogens with two attached hydrogens (primary N) is 1. The Balaban J connectivity index is 2.78. The Morgan fingerprint density at radius 2 is 1.58 bits per heavy atom. The molecule has 0 saturated carbocycles. The molecule has 0 saturated heterocycles. The van der Waals surface area contributed by atoms with E-state index in [9.17, 15) is 0 Å². The maximum atomic E-state index is 5.92. The van der Waals surface area contributed by atoms with E-state index in [-0.39, 0.29) is 10.8 Å². The fourth-order valence-corrected chi connectivity index (χ4v) is 2.30. The van der Waals surface area contributed by atoms with Gasteiger partial charge < -0.3 is 10.2 Å². The lowest BCUT2D eigenvalue weighted by molar-refractivity contribution is 0.524. The number of benzene rings is 1. The zero-order valence-corrected chi connectivity index (χ0v) is 12.9. The third-order valence-corrected chi connectivity index (χ3v) is 3.54. The molecule has 0 spiro atoms. The van der Waals surface area contributed by atoms with E-state index in [2.05, 4.69) is 59.7 Å². The molecule has 0 aliphatic rings. The number of rotatable bonds is 1. The highest BCUT2D eigenvalue weighted by Gasteiger charge is 2.24. The second-order valence-electron chi connectivity index (χ2n) is 7.36. The summed E-state index contributed by atoms with van der Waals surface area (Å²) in [6.45, 7) is 13.8. The van der Waals surface area contributed by atoms with Gasteiger partial charge >= 0.3 is 0 Å². The minimum atomic E-state index is 0.0588. The second-order valence-corrected chi connectivity index (χ2v) is 7.36. The van der Waals surface area contributed by atoms with Crippen LogP contribution < -0.4 is 5.73 Å². The molecule has 0 bridgehead atoms. The first-order chi connectivity index (χ1) is 8.63. The molecular formula is C17H25NO. The van der Waals surface area contributed by atoms with E-state index >= 15 is 0 Å². The van der Waals surface area contributed by atoms with Crippen LogP contribution in [0.2, 0.25) is 0 Å². The van der Waals surface area contributed by atoms with E-state index in [0.717, 1.165) is 16.7 Å². The molecule has 2 heteroatoms. The van der Waals surface area contributed by atoms with Crippen molar-refractivity contribution in [1.82, 2.24) is 0 Å². The van der Waals surface area contributed by atoms with Gasteiger partial charge in [0, 0.05) is 10.9 Å². The molecule has 2 rings (SSSR count). The molecular weight excluding hydrogens is 234 g/mol. The van der Waals surface area contributed by atoms with Crippen LogP contribution in [0.1, 0.15) is 58.4 Å². The van der Waals surface area contributed by atoms with Crippen LogP contribution in [0.3, 0.4) is 0 Å². The predicted molar refractivity (Wildman–Crippen MR) is 81.5 cm³/mol. The Hall–Kier alpha value is -1.28. The fraction of sp³-hybridized carbons (Fsp3) is 0.529. The maximum absolute atomic E-state index is 5.92. The van der Waals surface area contributed by atoms with Gasteiger partial charge in [-0.25, -0.2) is 0 Å². The molecule has 19 heavy (non-hydrogen) atoms. The van der Waals surface area contributed by atoms with Crippen molar-refractivity contribution in [3.05, 3.63) is 35.1 Å². The van der Waals surface area contributed by atoms with Crippen LogP contribution in [-0.4, -0.2) is 0 Å². The highest BCUT2D eigenvalue weighted by Crippen LogP contribution is 2.36. The van der Waals surface area contributed by atoms with E-state index < -0.39 is 0 Å². The number of furan rings is 1. The summed E-state index contributed by atoms with van der Waals surface area (Å²) in [7, 11) is 0. The predicted octanol–water partition coefficient (Wildman–Crippen LogP) is 4.49. The lowest BCUT2D eigenvalue weighted by Crippen LogP contribution is -2.16. The quantitative estimate of drug-likeness (QED) is 0.819. The third kappa shape index (κ3) is 2.69. The molecule has 0 fully saturated rings. The lowest BCUT2D eigenvalue weighted by Gasteiger charge is -2.25. The Kier molecular flexibility index (Phi) is 3.26. The Labute approximate surface area is 116 Å². The normalized spacial score (nSPS) is 13.2. The Morgan fingerprint density at radius 3 is 2.05 bits per heavy atom. The van der Waals surface area contributed by atoms with Crippen LogP contribution in [-0.2, 0) is 17.4 Å². The first-order valence-electron chi connectivity index (χ1n) is 6.90. The van der Waals surface area contributed by atoms with E-state index in [0.29, 0.717) is 6.54 Å². The number of hydrogen-bond acceptors (Lipinski definition) is 2. The van der Waals surface area contributed by atoms with Crippen molar-refractivity contribution in [1.29, 1.82) is 0 Å². The maximum Gasteiger partial charge on any atom is 0.138 e. The molecule has 104 valence electrons. The van der Waals surface area contributed by atoms with E-state index in [1.165, 1.54) is 11.1 Å². The van der Waals surface area contributed by atoms with Gasteiger partial charge in [-0.15, -0.1) is 0 Å². The van der Waals surface area contributed by atoms with Crippen molar-refractivity contribution >= 4 is 11.0 Å². The van der Waals surface area contributed by atoms with Crippen LogP contribution >= 0.6 is 0 Å². The SMILES string of the molecule is CC(C)(C)c1cc(C(C)(C)C)c2oc(CN)cc2c1. The van der Waals surface area contributed by atoms with Gasteiger partial charge in [0.15, 0.2) is 0 Å². The van der Waals surface area contributed by atoms with E-state index in [1.54, 1.807) is 0 Å². The van der Waals surface area contributed by atoms with Crippen LogP contribution in [0, 0.1) is 0 Å². The monoisotopic (exact) mass is 259 g/mol. The molecule has 1 aromatic heterocycles. The standard InChI is InChI=1S/C17H25NO/c1-16(2,3)12-7-11-8-13(10-18)19-15(11)14(9-12)17(4,5)6/h7-9H,10,18H2,1-6H3. The molecule has 2 aromatic rings. The van der Waals surface area contributed by atoms with E-state index in [1.807, 2.05) is 0 Å². The average Bonchev–Trinajstić information content (AvgIpc) is 2.67. The van der Waals surface area contributed by atoms with Crippen molar-refractivity contribution in [2.75, 3.05) is 0 Å². The summed E-state index contributed by atoms with van der Waals surface area (Å²) in [6, 6.07) is 6.58. The van der Waals surface area contributed by atoms with Gasteiger partial charge in [0.2, 0.25) is 0 Å². The number of fused-ring (bicyclic) bond motifs is 1. The zero-order valence-electron chi connectivity index (χ0n) is 12.9. The summed E-state index contributed by atoms with van der Waals surface area (Å²) in [6.07, 6.45) is 0. The largest absolute Gasteiger partial charge is 0.459 e. The molecule has 1 heterocycles. The smallest absolute Gasteiger partial charge is 0.138 e. The van der Waals surface area contributed by atoms with Gasteiger partial charge in [0.1, 0.15) is 11.3 Å². The van der Waals surface area contributed by atoms with Crippen molar-refractivity contribution in [2.24, 2.45) is 5.73 Å². The van der Waals surface area contributed by atoms with Gasteiger partial charge in [0.05, 0.1) is 6.54 Å². The third-order valence-electron chi connectivity index (χ3n) is 3.54. The summed E-state index contributed by atoms with van der Waals surface area (Å²) >= 11 is 0. The van der Waals surface area contributed by atoms with Gasteiger partial charge in [-0.2, -0.15) is 0 Å². The van der Waals surface area contributed by atoms with Gasteiger partial charge in [0.25, 0.3) is 0 Å². The first-order valence-corrected chi connectivity index (χ1v) is 6.90. The van der Waals surface area contributed by atoms with Crippen molar-refractivity contribution < 1.29 is 4.42 Å². The van der Waals surface area contributed by atoms with Gasteiger partial charge in [-0.3, -0.25) is 0 Å². The zero-order chi connectivity index (χ0) is 14.4. The highest BCUT2D eigenvalue weighted by molar-refractivity contribution is 5.83. The van der Waals surface area contributed by atoms with E-state index in [4.69, 9.17) is 10.2 Å². The molecule has 2 N–H and O–H groups in total. The number of hydrogen-bond donors (Lipinski definition) is 1. The molecule has 0 atom stereocenters. The topological polar surface area (TPSA) is 39.2 Å². The van der Waals surface area contributed by atoms with Gasteiger partial charge in [-0.1, -0.05) is 47.6 Å². The summed E-state index contributed by atoms with van der Waals surface area (Å²) < 4.78 is 5.92. The summed E-state index contributed by atoms with van der Waals surface area (Å²) in [5.41, 5.74) is 9.48. The molecule has 0 radical (unpaired) electrons. The molecule has 0 aliphatic heterocycles. The van der Waals surface area contributed by atoms with Crippen molar-refractivity contribution in [2.45, 2.75) is 58.9 Å². The Bertz CT molecular complexity index is 594. The van der Waals surface area contributed by atoms with Crippen LogP contribution in [0.4, 0.5) is 0 Å². The lowest BCUT2D eigenvalue weighted by atomic mass is 9.80. The molecule has 2 nitrogen and oxygen atoms in total.